The largest absolute Gasteiger partial charge is 0.312 e. The molecule has 1 aliphatic heterocycles. The summed E-state index contributed by atoms with van der Waals surface area (Å²) in [6.45, 7) is 7.31. The number of nitrogens with one attached hydrogen (secondary N) is 1. The summed E-state index contributed by atoms with van der Waals surface area (Å²) in [7, 11) is -2.73. The lowest BCUT2D eigenvalue weighted by molar-refractivity contribution is 0.358. The first-order valence-electron chi connectivity index (χ1n) is 4.72. The van der Waals surface area contributed by atoms with Gasteiger partial charge >= 0.3 is 0 Å². The second kappa shape index (κ2) is 3.58. The fourth-order valence-corrected chi connectivity index (χ4v) is 3.11. The van der Waals surface area contributed by atoms with Crippen molar-refractivity contribution in [2.45, 2.75) is 33.2 Å². The minimum atomic E-state index is -2.73. The third kappa shape index (κ3) is 4.09. The van der Waals surface area contributed by atoms with E-state index < -0.39 is 9.84 Å². The van der Waals surface area contributed by atoms with Gasteiger partial charge in [-0.1, -0.05) is 20.8 Å². The first-order valence-corrected chi connectivity index (χ1v) is 6.54. The van der Waals surface area contributed by atoms with Crippen molar-refractivity contribution in [2.24, 2.45) is 5.41 Å². The fraction of sp³-hybridized carbons (Fsp3) is 1.00. The topological polar surface area (TPSA) is 46.2 Å². The Bertz CT molecular complexity index is 264. The molecule has 3 nitrogen and oxygen atoms in total. The van der Waals surface area contributed by atoms with Gasteiger partial charge < -0.3 is 5.32 Å². The molecule has 1 atom stereocenters. The number of sulfone groups is 1. The Hall–Kier alpha value is -0.0900. The Morgan fingerprint density at radius 2 is 2.00 bits per heavy atom. The van der Waals surface area contributed by atoms with Crippen molar-refractivity contribution in [2.75, 3.05) is 18.1 Å². The number of hydrogen-bond acceptors (Lipinski definition) is 3. The second-order valence-electron chi connectivity index (χ2n) is 5.04. The second-order valence-corrected chi connectivity index (χ2v) is 7.27. The minimum Gasteiger partial charge on any atom is -0.312 e. The molecule has 1 saturated heterocycles. The van der Waals surface area contributed by atoms with Crippen LogP contribution in [0.5, 0.6) is 0 Å². The molecule has 1 rings (SSSR count). The molecule has 0 aromatic rings. The van der Waals surface area contributed by atoms with Crippen LogP contribution >= 0.6 is 0 Å². The maximum Gasteiger partial charge on any atom is 0.151 e. The van der Waals surface area contributed by atoms with Crippen molar-refractivity contribution < 1.29 is 8.42 Å². The lowest BCUT2D eigenvalue weighted by atomic mass is 9.96. The van der Waals surface area contributed by atoms with Gasteiger partial charge in [0.25, 0.3) is 0 Å². The zero-order valence-corrected chi connectivity index (χ0v) is 9.45. The van der Waals surface area contributed by atoms with Crippen molar-refractivity contribution in [3.63, 3.8) is 0 Å². The van der Waals surface area contributed by atoms with Gasteiger partial charge in [-0.3, -0.25) is 0 Å². The van der Waals surface area contributed by atoms with Gasteiger partial charge in [0.2, 0.25) is 0 Å². The molecule has 1 unspecified atom stereocenters. The maximum atomic E-state index is 11.1. The minimum absolute atomic E-state index is 0.184. The smallest absolute Gasteiger partial charge is 0.151 e. The highest BCUT2D eigenvalue weighted by molar-refractivity contribution is 7.91. The Morgan fingerprint density at radius 3 is 2.38 bits per heavy atom. The van der Waals surface area contributed by atoms with Crippen LogP contribution in [-0.4, -0.2) is 32.5 Å². The molecule has 0 amide bonds. The molecule has 13 heavy (non-hydrogen) atoms. The van der Waals surface area contributed by atoms with Gasteiger partial charge in [0.1, 0.15) is 0 Å². The van der Waals surface area contributed by atoms with E-state index in [1.165, 1.54) is 0 Å². The molecule has 0 spiro atoms. The van der Waals surface area contributed by atoms with Gasteiger partial charge in [0.15, 0.2) is 9.84 Å². The average molecular weight is 205 g/mol. The summed E-state index contributed by atoms with van der Waals surface area (Å²) in [5.74, 6) is 0.678. The molecule has 0 saturated carbocycles. The lowest BCUT2D eigenvalue weighted by Crippen LogP contribution is -2.36. The summed E-state index contributed by atoms with van der Waals surface area (Å²) in [6.07, 6.45) is 0.776. The van der Waals surface area contributed by atoms with E-state index in [9.17, 15) is 8.42 Å². The Labute approximate surface area is 80.8 Å². The molecular weight excluding hydrogens is 186 g/mol. The average Bonchev–Trinajstić information content (AvgIpc) is 2.24. The molecular formula is C9H19NO2S. The summed E-state index contributed by atoms with van der Waals surface area (Å²) < 4.78 is 22.3. The Morgan fingerprint density at radius 1 is 1.38 bits per heavy atom. The first-order chi connectivity index (χ1) is 5.79. The van der Waals surface area contributed by atoms with E-state index in [-0.39, 0.29) is 11.5 Å². The summed E-state index contributed by atoms with van der Waals surface area (Å²) in [4.78, 5) is 0. The Balaban J connectivity index is 2.34. The van der Waals surface area contributed by atoms with Crippen LogP contribution in [0.1, 0.15) is 27.2 Å². The van der Waals surface area contributed by atoms with E-state index in [0.29, 0.717) is 11.5 Å². The van der Waals surface area contributed by atoms with E-state index in [2.05, 4.69) is 26.1 Å². The molecule has 0 radical (unpaired) electrons. The van der Waals surface area contributed by atoms with Gasteiger partial charge in [-0.05, 0) is 11.8 Å². The molecule has 1 aliphatic rings. The van der Waals surface area contributed by atoms with E-state index in [1.54, 1.807) is 0 Å². The number of hydrogen-bond donors (Lipinski definition) is 1. The monoisotopic (exact) mass is 205 g/mol. The van der Waals surface area contributed by atoms with Crippen LogP contribution < -0.4 is 5.32 Å². The summed E-state index contributed by atoms with van der Waals surface area (Å²) >= 11 is 0. The lowest BCUT2D eigenvalue weighted by Gasteiger charge is -2.21. The van der Waals surface area contributed by atoms with E-state index >= 15 is 0 Å². The van der Waals surface area contributed by atoms with Crippen LogP contribution in [0, 0.1) is 5.41 Å². The summed E-state index contributed by atoms with van der Waals surface area (Å²) in [6, 6.07) is 0.184. The third-order valence-electron chi connectivity index (χ3n) is 2.15. The fourth-order valence-electron chi connectivity index (χ4n) is 1.41. The molecule has 0 aliphatic carbocycles. The van der Waals surface area contributed by atoms with E-state index in [0.717, 1.165) is 13.0 Å². The molecule has 0 aromatic heterocycles. The molecule has 1 heterocycles. The van der Waals surface area contributed by atoms with Gasteiger partial charge in [0, 0.05) is 12.6 Å². The predicted octanol–water partition coefficient (Wildman–Crippen LogP) is 0.809. The van der Waals surface area contributed by atoms with Crippen LogP contribution in [0.2, 0.25) is 0 Å². The number of rotatable bonds is 2. The normalized spacial score (nSPS) is 27.8. The molecule has 4 heteroatoms. The van der Waals surface area contributed by atoms with Crippen molar-refractivity contribution in [1.29, 1.82) is 0 Å². The van der Waals surface area contributed by atoms with Gasteiger partial charge in [0.05, 0.1) is 11.5 Å². The molecule has 1 N–H and O–H groups in total. The molecule has 1 fully saturated rings. The van der Waals surface area contributed by atoms with E-state index in [1.807, 2.05) is 0 Å². The Kier molecular flexibility index (Phi) is 3.02. The van der Waals surface area contributed by atoms with Gasteiger partial charge in [-0.2, -0.15) is 0 Å². The van der Waals surface area contributed by atoms with Gasteiger partial charge in [-0.25, -0.2) is 8.42 Å². The highest BCUT2D eigenvalue weighted by atomic mass is 32.2. The molecule has 0 aromatic carbocycles. The van der Waals surface area contributed by atoms with Crippen molar-refractivity contribution in [1.82, 2.24) is 5.32 Å². The van der Waals surface area contributed by atoms with Gasteiger partial charge in [-0.15, -0.1) is 0 Å². The highest BCUT2D eigenvalue weighted by Gasteiger charge is 2.28. The van der Waals surface area contributed by atoms with E-state index in [4.69, 9.17) is 0 Å². The predicted molar refractivity (Wildman–Crippen MR) is 54.5 cm³/mol. The van der Waals surface area contributed by atoms with Crippen LogP contribution in [0.4, 0.5) is 0 Å². The zero-order valence-electron chi connectivity index (χ0n) is 8.63. The van der Waals surface area contributed by atoms with Crippen LogP contribution in [0.3, 0.4) is 0 Å². The van der Waals surface area contributed by atoms with Crippen LogP contribution in [-0.2, 0) is 9.84 Å². The standard InChI is InChI=1S/C9H19NO2S/c1-9(2,3)7-10-8-4-5-13(11,12)6-8/h8,10H,4-7H2,1-3H3. The first kappa shape index (κ1) is 11.0. The zero-order chi connectivity index (χ0) is 10.1. The SMILES string of the molecule is CC(C)(C)CNC1CCS(=O)(=O)C1. The van der Waals surface area contributed by atoms with Crippen LogP contribution in [0.25, 0.3) is 0 Å². The molecule has 78 valence electrons. The third-order valence-corrected chi connectivity index (χ3v) is 3.92. The molecule has 0 bridgehead atoms. The summed E-state index contributed by atoms with van der Waals surface area (Å²) in [5, 5.41) is 3.30. The van der Waals surface area contributed by atoms with Crippen molar-refractivity contribution >= 4 is 9.84 Å². The quantitative estimate of drug-likeness (QED) is 0.725. The van der Waals surface area contributed by atoms with Crippen molar-refractivity contribution in [3.05, 3.63) is 0 Å². The van der Waals surface area contributed by atoms with Crippen LogP contribution in [0.15, 0.2) is 0 Å². The maximum absolute atomic E-state index is 11.1. The van der Waals surface area contributed by atoms with Crippen molar-refractivity contribution in [3.8, 4) is 0 Å². The highest BCUT2D eigenvalue weighted by Crippen LogP contribution is 2.15. The summed E-state index contributed by atoms with van der Waals surface area (Å²) in [5.41, 5.74) is 0.229.